The first-order valence-electron chi connectivity index (χ1n) is 6.28. The molecule has 0 heterocycles. The Bertz CT molecular complexity index is 557. The Morgan fingerprint density at radius 1 is 1.00 bits per heavy atom. The van der Waals surface area contributed by atoms with Crippen LogP contribution in [0.3, 0.4) is 0 Å². The van der Waals surface area contributed by atoms with Crippen molar-refractivity contribution in [1.29, 1.82) is 0 Å². The summed E-state index contributed by atoms with van der Waals surface area (Å²) in [5.74, 6) is 0. The molecule has 1 aromatic rings. The molecule has 1 aromatic carbocycles. The van der Waals surface area contributed by atoms with E-state index in [1.807, 2.05) is 0 Å². The van der Waals surface area contributed by atoms with Crippen molar-refractivity contribution in [2.24, 2.45) is 0 Å². The van der Waals surface area contributed by atoms with Gasteiger partial charge in [0.25, 0.3) is 0 Å². The second-order valence-corrected chi connectivity index (χ2v) is 5.08. The summed E-state index contributed by atoms with van der Waals surface area (Å²) < 4.78 is 76.8. The van der Waals surface area contributed by atoms with Crippen molar-refractivity contribution in [3.05, 3.63) is 34.9 Å². The highest BCUT2D eigenvalue weighted by Crippen LogP contribution is 2.48. The number of rotatable bonds is 2. The lowest BCUT2D eigenvalue weighted by atomic mass is 9.98. The molecule has 0 unspecified atom stereocenters. The van der Waals surface area contributed by atoms with Crippen molar-refractivity contribution in [3.8, 4) is 0 Å². The molecule has 9 heteroatoms. The van der Waals surface area contributed by atoms with Gasteiger partial charge in [0, 0.05) is 7.05 Å². The average molecular weight is 326 g/mol. The second-order valence-electron chi connectivity index (χ2n) is 5.08. The smallest absolute Gasteiger partial charge is 0.341 e. The standard InChI is InChI=1S/C13H12F6N2O/c1-20-10(22)21-11(2-3-11)7-4-8(12(14,15)16)6-9(5-7)13(17,18)19/h4-6H,2-3H2,1H3,(H2,20,21,22). The number of carbonyl (C=O) groups is 1. The molecule has 0 aromatic heterocycles. The molecular weight excluding hydrogens is 314 g/mol. The fraction of sp³-hybridized carbons (Fsp3) is 0.462. The van der Waals surface area contributed by atoms with E-state index in [0.717, 1.165) is 0 Å². The number of alkyl halides is 6. The van der Waals surface area contributed by atoms with Crippen LogP contribution in [0.1, 0.15) is 29.5 Å². The summed E-state index contributed by atoms with van der Waals surface area (Å²) in [6, 6.07) is 0.707. The Balaban J connectivity index is 2.50. The maximum Gasteiger partial charge on any atom is 0.416 e. The third kappa shape index (κ3) is 3.28. The van der Waals surface area contributed by atoms with Crippen LogP contribution in [-0.2, 0) is 17.9 Å². The molecule has 0 saturated heterocycles. The lowest BCUT2D eigenvalue weighted by molar-refractivity contribution is -0.143. The molecule has 0 bridgehead atoms. The first-order chi connectivity index (χ1) is 9.98. The van der Waals surface area contributed by atoms with Crippen LogP contribution in [0.5, 0.6) is 0 Å². The highest BCUT2D eigenvalue weighted by atomic mass is 19.4. The minimum absolute atomic E-state index is 0.0689. The molecule has 0 spiro atoms. The van der Waals surface area contributed by atoms with E-state index in [4.69, 9.17) is 0 Å². The van der Waals surface area contributed by atoms with Gasteiger partial charge in [0.15, 0.2) is 0 Å². The number of halogens is 6. The van der Waals surface area contributed by atoms with Crippen molar-refractivity contribution >= 4 is 6.03 Å². The lowest BCUT2D eigenvalue weighted by Gasteiger charge is -2.21. The van der Waals surface area contributed by atoms with Gasteiger partial charge < -0.3 is 10.6 Å². The molecule has 2 amide bonds. The van der Waals surface area contributed by atoms with Crippen LogP contribution in [0.2, 0.25) is 0 Å². The third-order valence-corrected chi connectivity index (χ3v) is 3.47. The number of amides is 2. The van der Waals surface area contributed by atoms with Crippen molar-refractivity contribution < 1.29 is 31.1 Å². The summed E-state index contributed by atoms with van der Waals surface area (Å²) in [5.41, 5.74) is -4.15. The summed E-state index contributed by atoms with van der Waals surface area (Å²) >= 11 is 0. The maximum atomic E-state index is 12.8. The molecule has 2 N–H and O–H groups in total. The first kappa shape index (κ1) is 16.4. The molecule has 1 aliphatic rings. The maximum absolute atomic E-state index is 12.8. The van der Waals surface area contributed by atoms with Gasteiger partial charge in [0.05, 0.1) is 16.7 Å². The van der Waals surface area contributed by atoms with E-state index in [2.05, 4.69) is 10.6 Å². The van der Waals surface area contributed by atoms with E-state index in [1.54, 1.807) is 0 Å². The fourth-order valence-electron chi connectivity index (χ4n) is 2.12. The highest BCUT2D eigenvalue weighted by Gasteiger charge is 2.48. The highest BCUT2D eigenvalue weighted by molar-refractivity contribution is 5.75. The fourth-order valence-corrected chi connectivity index (χ4v) is 2.12. The van der Waals surface area contributed by atoms with Crippen molar-refractivity contribution in [1.82, 2.24) is 10.6 Å². The van der Waals surface area contributed by atoms with Gasteiger partial charge in [-0.2, -0.15) is 26.3 Å². The van der Waals surface area contributed by atoms with Crippen molar-refractivity contribution in [2.75, 3.05) is 7.05 Å². The van der Waals surface area contributed by atoms with Crippen molar-refractivity contribution in [2.45, 2.75) is 30.7 Å². The minimum Gasteiger partial charge on any atom is -0.341 e. The lowest BCUT2D eigenvalue weighted by Crippen LogP contribution is -2.40. The number of carbonyl (C=O) groups excluding carboxylic acids is 1. The Labute approximate surface area is 121 Å². The SMILES string of the molecule is CNC(=O)NC1(c2cc(C(F)(F)F)cc(C(F)(F)F)c2)CC1. The van der Waals surface area contributed by atoms with E-state index in [1.165, 1.54) is 7.05 Å². The van der Waals surface area contributed by atoms with Gasteiger partial charge in [0.1, 0.15) is 0 Å². The van der Waals surface area contributed by atoms with Gasteiger partial charge in [-0.3, -0.25) is 0 Å². The van der Waals surface area contributed by atoms with Crippen LogP contribution in [0.15, 0.2) is 18.2 Å². The number of hydrogen-bond donors (Lipinski definition) is 2. The molecule has 3 nitrogen and oxygen atoms in total. The monoisotopic (exact) mass is 326 g/mol. The van der Waals surface area contributed by atoms with Gasteiger partial charge in [-0.15, -0.1) is 0 Å². The Morgan fingerprint density at radius 2 is 1.45 bits per heavy atom. The zero-order chi connectivity index (χ0) is 16.8. The molecular formula is C13H12F6N2O. The van der Waals surface area contributed by atoms with E-state index >= 15 is 0 Å². The molecule has 1 fully saturated rings. The van der Waals surface area contributed by atoms with Crippen LogP contribution < -0.4 is 10.6 Å². The number of nitrogens with one attached hydrogen (secondary N) is 2. The summed E-state index contributed by atoms with van der Waals surface area (Å²) in [7, 11) is 1.30. The van der Waals surface area contributed by atoms with Gasteiger partial charge in [-0.1, -0.05) is 0 Å². The number of hydrogen-bond acceptors (Lipinski definition) is 1. The van der Waals surface area contributed by atoms with E-state index in [-0.39, 0.29) is 24.5 Å². The number of benzene rings is 1. The van der Waals surface area contributed by atoms with Crippen LogP contribution in [0.25, 0.3) is 0 Å². The largest absolute Gasteiger partial charge is 0.416 e. The topological polar surface area (TPSA) is 41.1 Å². The predicted octanol–water partition coefficient (Wildman–Crippen LogP) is 3.64. The van der Waals surface area contributed by atoms with Gasteiger partial charge in [-0.25, -0.2) is 4.79 Å². The van der Waals surface area contributed by atoms with E-state index in [0.29, 0.717) is 12.1 Å². The van der Waals surface area contributed by atoms with Gasteiger partial charge in [-0.05, 0) is 36.6 Å². The number of urea groups is 1. The molecule has 122 valence electrons. The van der Waals surface area contributed by atoms with Gasteiger partial charge in [0.2, 0.25) is 0 Å². The van der Waals surface area contributed by atoms with Crippen LogP contribution in [-0.4, -0.2) is 13.1 Å². The van der Waals surface area contributed by atoms with Crippen LogP contribution in [0.4, 0.5) is 31.1 Å². The van der Waals surface area contributed by atoms with Crippen molar-refractivity contribution in [3.63, 3.8) is 0 Å². The Hall–Kier alpha value is -1.93. The van der Waals surface area contributed by atoms with Gasteiger partial charge >= 0.3 is 18.4 Å². The summed E-state index contributed by atoms with van der Waals surface area (Å²) in [6.07, 6.45) is -9.25. The average Bonchev–Trinajstić information content (AvgIpc) is 3.17. The quantitative estimate of drug-likeness (QED) is 0.801. The zero-order valence-corrected chi connectivity index (χ0v) is 11.3. The van der Waals surface area contributed by atoms with E-state index < -0.39 is 35.0 Å². The first-order valence-corrected chi connectivity index (χ1v) is 6.28. The Kier molecular flexibility index (Phi) is 3.78. The second kappa shape index (κ2) is 5.06. The molecule has 0 radical (unpaired) electrons. The molecule has 1 saturated carbocycles. The zero-order valence-electron chi connectivity index (χ0n) is 11.3. The molecule has 1 aliphatic carbocycles. The van der Waals surface area contributed by atoms with Crippen LogP contribution in [0, 0.1) is 0 Å². The summed E-state index contributed by atoms with van der Waals surface area (Å²) in [4.78, 5) is 11.3. The molecule has 2 rings (SSSR count). The van der Waals surface area contributed by atoms with Crippen LogP contribution >= 0.6 is 0 Å². The molecule has 0 aliphatic heterocycles. The molecule has 0 atom stereocenters. The minimum atomic E-state index is -4.90. The summed E-state index contributed by atoms with van der Waals surface area (Å²) in [6.45, 7) is 0. The Morgan fingerprint density at radius 3 is 1.77 bits per heavy atom. The molecule has 22 heavy (non-hydrogen) atoms. The third-order valence-electron chi connectivity index (χ3n) is 3.47. The summed E-state index contributed by atoms with van der Waals surface area (Å²) in [5, 5.41) is 4.63. The van der Waals surface area contributed by atoms with E-state index in [9.17, 15) is 31.1 Å². The predicted molar refractivity (Wildman–Crippen MR) is 64.9 cm³/mol. The normalized spacial score (nSPS) is 17.0.